The van der Waals surface area contributed by atoms with E-state index in [-0.39, 0.29) is 0 Å². The van der Waals surface area contributed by atoms with E-state index in [9.17, 15) is 5.21 Å². The van der Waals surface area contributed by atoms with E-state index >= 15 is 0 Å². The quantitative estimate of drug-likeness (QED) is 0.488. The molecule has 2 rings (SSSR count). The highest BCUT2D eigenvalue weighted by Crippen LogP contribution is 2.29. The van der Waals surface area contributed by atoms with Gasteiger partial charge in [-0.3, -0.25) is 0 Å². The zero-order valence-electron chi connectivity index (χ0n) is 11.3. The second kappa shape index (κ2) is 5.97. The molecule has 2 aromatic rings. The average Bonchev–Trinajstić information content (AvgIpc) is 2.40. The van der Waals surface area contributed by atoms with Gasteiger partial charge in [-0.1, -0.05) is 23.8 Å². The minimum Gasteiger partial charge on any atom is -0.618 e. The summed E-state index contributed by atoms with van der Waals surface area (Å²) in [5.74, 6) is 1.38. The summed E-state index contributed by atoms with van der Waals surface area (Å²) in [5, 5.41) is 12.4. The van der Waals surface area contributed by atoms with E-state index in [1.165, 1.54) is 34.6 Å². The molecule has 0 unspecified atom stereocenters. The van der Waals surface area contributed by atoms with Crippen molar-refractivity contribution in [3.63, 3.8) is 0 Å². The Bertz CT molecular complexity index is 584. The lowest BCUT2D eigenvalue weighted by Crippen LogP contribution is -2.28. The van der Waals surface area contributed by atoms with Gasteiger partial charge >= 0.3 is 0 Å². The van der Waals surface area contributed by atoms with Gasteiger partial charge in [0.15, 0.2) is 11.9 Å². The first-order valence-electron chi connectivity index (χ1n) is 6.07. The van der Waals surface area contributed by atoms with E-state index in [1.54, 1.807) is 19.2 Å². The Balaban J connectivity index is 2.21. The number of ether oxygens (including phenoxy) is 1. The third-order valence-corrected chi connectivity index (χ3v) is 4.08. The van der Waals surface area contributed by atoms with Crippen LogP contribution in [0.3, 0.4) is 0 Å². The fourth-order valence-electron chi connectivity index (χ4n) is 1.85. The van der Waals surface area contributed by atoms with Crippen molar-refractivity contribution >= 4 is 11.8 Å². The Kier molecular flexibility index (Phi) is 4.32. The number of rotatable bonds is 4. The summed E-state index contributed by atoms with van der Waals surface area (Å²) in [4.78, 5) is 0. The summed E-state index contributed by atoms with van der Waals surface area (Å²) in [6.45, 7) is 4.16. The first-order valence-corrected chi connectivity index (χ1v) is 7.05. The van der Waals surface area contributed by atoms with Gasteiger partial charge in [0.1, 0.15) is 0 Å². The van der Waals surface area contributed by atoms with Gasteiger partial charge in [-0.25, -0.2) is 0 Å². The van der Waals surface area contributed by atoms with Crippen molar-refractivity contribution in [2.24, 2.45) is 0 Å². The second-order valence-corrected chi connectivity index (χ2v) is 5.39. The van der Waals surface area contributed by atoms with E-state index in [0.29, 0.717) is 10.8 Å². The number of methoxy groups -OCH3 is 1. The fourth-order valence-corrected chi connectivity index (χ4v) is 2.93. The molecule has 3 nitrogen and oxygen atoms in total. The minimum atomic E-state index is 0.603. The summed E-state index contributed by atoms with van der Waals surface area (Å²) in [5.41, 5.74) is 3.72. The highest BCUT2D eigenvalue weighted by atomic mass is 32.2. The van der Waals surface area contributed by atoms with Crippen molar-refractivity contribution in [1.29, 1.82) is 0 Å². The number of benzene rings is 1. The number of pyridine rings is 1. The molecule has 0 bridgehead atoms. The van der Waals surface area contributed by atoms with E-state index in [4.69, 9.17) is 4.74 Å². The van der Waals surface area contributed by atoms with Gasteiger partial charge < -0.3 is 9.94 Å². The van der Waals surface area contributed by atoms with Crippen molar-refractivity contribution in [2.75, 3.05) is 7.11 Å². The van der Waals surface area contributed by atoms with Crippen LogP contribution in [0.15, 0.2) is 41.6 Å². The molecule has 0 amide bonds. The summed E-state index contributed by atoms with van der Waals surface area (Å²) >= 11 is 1.50. The smallest absolute Gasteiger partial charge is 0.294 e. The van der Waals surface area contributed by atoms with Crippen LogP contribution in [0.5, 0.6) is 5.75 Å². The topological polar surface area (TPSA) is 36.2 Å². The molecule has 100 valence electrons. The molecule has 0 saturated carbocycles. The molecule has 1 heterocycles. The summed E-state index contributed by atoms with van der Waals surface area (Å²) in [7, 11) is 1.58. The third kappa shape index (κ3) is 3.20. The Hall–Kier alpha value is -1.68. The molecular weight excluding hydrogens is 258 g/mol. The molecule has 0 aliphatic rings. The molecule has 19 heavy (non-hydrogen) atoms. The Morgan fingerprint density at radius 3 is 2.79 bits per heavy atom. The molecule has 0 radical (unpaired) electrons. The molecule has 0 N–H and O–H groups in total. The Labute approximate surface area is 117 Å². The molecule has 0 atom stereocenters. The van der Waals surface area contributed by atoms with Crippen LogP contribution in [0.2, 0.25) is 0 Å². The number of nitrogens with zero attached hydrogens (tertiary/aromatic N) is 1. The zero-order valence-corrected chi connectivity index (χ0v) is 12.2. The number of aromatic nitrogens is 1. The zero-order chi connectivity index (χ0) is 13.8. The Morgan fingerprint density at radius 2 is 2.05 bits per heavy atom. The first kappa shape index (κ1) is 13.7. The van der Waals surface area contributed by atoms with Gasteiger partial charge in [-0.05, 0) is 42.8 Å². The van der Waals surface area contributed by atoms with Crippen LogP contribution in [0.25, 0.3) is 0 Å². The number of aryl methyl sites for hydroxylation is 2. The molecule has 1 aromatic heterocycles. The van der Waals surface area contributed by atoms with E-state index in [2.05, 4.69) is 32.0 Å². The SMILES string of the molecule is COc1ccc[n+]([O-])c1SCc1cc(C)ccc1C. The predicted molar refractivity (Wildman–Crippen MR) is 77.4 cm³/mol. The Morgan fingerprint density at radius 1 is 1.26 bits per heavy atom. The lowest BCUT2D eigenvalue weighted by atomic mass is 10.1. The monoisotopic (exact) mass is 275 g/mol. The first-order chi connectivity index (χ1) is 9.11. The molecule has 4 heteroatoms. The fraction of sp³-hybridized carbons (Fsp3) is 0.267. The van der Waals surface area contributed by atoms with Crippen LogP contribution in [-0.2, 0) is 5.75 Å². The van der Waals surface area contributed by atoms with Crippen LogP contribution in [0.4, 0.5) is 0 Å². The maximum Gasteiger partial charge on any atom is 0.294 e. The molecular formula is C15H17NO2S. The highest BCUT2D eigenvalue weighted by Gasteiger charge is 2.14. The van der Waals surface area contributed by atoms with Crippen molar-refractivity contribution in [3.8, 4) is 5.75 Å². The normalized spacial score (nSPS) is 10.5. The standard InChI is InChI=1S/C15H17NO2S/c1-11-6-7-12(2)13(9-11)10-19-15-14(18-3)5-4-8-16(15)17/h4-9H,10H2,1-3H3. The molecule has 0 aliphatic carbocycles. The number of hydrogen-bond acceptors (Lipinski definition) is 3. The van der Waals surface area contributed by atoms with Crippen LogP contribution in [-0.4, -0.2) is 7.11 Å². The van der Waals surface area contributed by atoms with Gasteiger partial charge in [-0.2, -0.15) is 4.73 Å². The lowest BCUT2D eigenvalue weighted by molar-refractivity contribution is -0.646. The predicted octanol–water partition coefficient (Wildman–Crippen LogP) is 3.24. The van der Waals surface area contributed by atoms with E-state index < -0.39 is 0 Å². The van der Waals surface area contributed by atoms with Crippen molar-refractivity contribution < 1.29 is 9.47 Å². The third-order valence-electron chi connectivity index (χ3n) is 2.97. The van der Waals surface area contributed by atoms with Gasteiger partial charge in [0.05, 0.1) is 7.11 Å². The van der Waals surface area contributed by atoms with Gasteiger partial charge in [0.25, 0.3) is 5.03 Å². The number of thioether (sulfide) groups is 1. The maximum absolute atomic E-state index is 11.8. The lowest BCUT2D eigenvalue weighted by Gasteiger charge is -2.09. The van der Waals surface area contributed by atoms with Gasteiger partial charge in [0, 0.05) is 11.8 Å². The van der Waals surface area contributed by atoms with Crippen molar-refractivity contribution in [2.45, 2.75) is 24.6 Å². The van der Waals surface area contributed by atoms with Crippen LogP contribution < -0.4 is 9.47 Å². The van der Waals surface area contributed by atoms with E-state index in [0.717, 1.165) is 10.5 Å². The summed E-state index contributed by atoms with van der Waals surface area (Å²) in [6, 6.07) is 9.86. The minimum absolute atomic E-state index is 0.603. The maximum atomic E-state index is 11.8. The molecule has 1 aromatic carbocycles. The van der Waals surface area contributed by atoms with E-state index in [1.807, 2.05) is 0 Å². The molecule has 0 aliphatic heterocycles. The van der Waals surface area contributed by atoms with Crippen LogP contribution in [0, 0.1) is 19.1 Å². The van der Waals surface area contributed by atoms with Gasteiger partial charge in [0.2, 0.25) is 0 Å². The van der Waals surface area contributed by atoms with Crippen LogP contribution in [0.1, 0.15) is 16.7 Å². The second-order valence-electron chi connectivity index (χ2n) is 4.43. The highest BCUT2D eigenvalue weighted by molar-refractivity contribution is 7.98. The summed E-state index contributed by atoms with van der Waals surface area (Å²) < 4.78 is 6.08. The van der Waals surface area contributed by atoms with Crippen molar-refractivity contribution in [1.82, 2.24) is 0 Å². The largest absolute Gasteiger partial charge is 0.618 e. The summed E-state index contributed by atoms with van der Waals surface area (Å²) in [6.07, 6.45) is 1.49. The molecule has 0 fully saturated rings. The van der Waals surface area contributed by atoms with Gasteiger partial charge in [-0.15, -0.1) is 0 Å². The van der Waals surface area contributed by atoms with Crippen LogP contribution >= 0.6 is 11.8 Å². The molecule has 0 spiro atoms. The average molecular weight is 275 g/mol. The molecule has 0 saturated heterocycles. The van der Waals surface area contributed by atoms with Crippen molar-refractivity contribution in [3.05, 3.63) is 58.4 Å². The number of hydrogen-bond donors (Lipinski definition) is 0.